The third-order valence-corrected chi connectivity index (χ3v) is 4.19. The molecule has 21 heavy (non-hydrogen) atoms. The molecule has 0 aliphatic carbocycles. The van der Waals surface area contributed by atoms with Crippen molar-refractivity contribution in [3.05, 3.63) is 33.4 Å². The van der Waals surface area contributed by atoms with Gasteiger partial charge in [-0.3, -0.25) is 9.59 Å². The van der Waals surface area contributed by atoms with Crippen LogP contribution in [0.4, 0.5) is 0 Å². The highest BCUT2D eigenvalue weighted by molar-refractivity contribution is 14.1. The summed E-state index contributed by atoms with van der Waals surface area (Å²) in [5.74, 6) is -1.20. The molecule has 6 nitrogen and oxygen atoms in total. The summed E-state index contributed by atoms with van der Waals surface area (Å²) >= 11 is 2.15. The Hall–Kier alpha value is -1.13. The van der Waals surface area contributed by atoms with Crippen molar-refractivity contribution < 1.29 is 19.6 Å². The largest absolute Gasteiger partial charge is 0.475 e. The highest BCUT2D eigenvalue weighted by Gasteiger charge is 2.36. The van der Waals surface area contributed by atoms with Crippen molar-refractivity contribution in [3.63, 3.8) is 0 Å². The molecule has 2 amide bonds. The zero-order valence-corrected chi connectivity index (χ0v) is 13.5. The lowest BCUT2D eigenvalue weighted by atomic mass is 9.78. The Morgan fingerprint density at radius 1 is 1.33 bits per heavy atom. The number of likely N-dealkylation sites (tertiary alicyclic amines) is 1. The van der Waals surface area contributed by atoms with E-state index in [1.165, 1.54) is 4.90 Å². The SMILES string of the molecule is O=C(NCC(=O)N1CCCC1B(O)O)c1ccc([123I])cc1. The van der Waals surface area contributed by atoms with Crippen molar-refractivity contribution >= 4 is 41.5 Å². The molecule has 1 saturated heterocycles. The summed E-state index contributed by atoms with van der Waals surface area (Å²) < 4.78 is 1.03. The van der Waals surface area contributed by atoms with Gasteiger partial charge in [-0.25, -0.2) is 0 Å². The Kier molecular flexibility index (Phi) is 5.60. The Morgan fingerprint density at radius 2 is 2.00 bits per heavy atom. The monoisotopic (exact) mass is 398 g/mol. The molecule has 1 aromatic rings. The van der Waals surface area contributed by atoms with Gasteiger partial charge in [-0.15, -0.1) is 0 Å². The molecule has 3 N–H and O–H groups in total. The van der Waals surface area contributed by atoms with Gasteiger partial charge in [0.1, 0.15) is 0 Å². The lowest BCUT2D eigenvalue weighted by molar-refractivity contribution is -0.130. The molecule has 0 saturated carbocycles. The first-order chi connectivity index (χ1) is 9.99. The molecule has 0 bridgehead atoms. The summed E-state index contributed by atoms with van der Waals surface area (Å²) in [6, 6.07) is 7.02. The summed E-state index contributed by atoms with van der Waals surface area (Å²) in [6.07, 6.45) is 1.30. The summed E-state index contributed by atoms with van der Waals surface area (Å²) in [6.45, 7) is 0.342. The maximum Gasteiger partial charge on any atom is 0.475 e. The van der Waals surface area contributed by atoms with E-state index >= 15 is 0 Å². The average molecular weight is 398 g/mol. The highest BCUT2D eigenvalue weighted by Crippen LogP contribution is 2.17. The van der Waals surface area contributed by atoms with Gasteiger partial charge in [0.2, 0.25) is 5.91 Å². The molecule has 0 aromatic heterocycles. The van der Waals surface area contributed by atoms with Gasteiger partial charge in [-0.05, 0) is 59.7 Å². The molecule has 1 aliphatic heterocycles. The van der Waals surface area contributed by atoms with Crippen molar-refractivity contribution in [2.45, 2.75) is 18.8 Å². The molecule has 1 heterocycles. The van der Waals surface area contributed by atoms with Crippen molar-refractivity contribution in [2.75, 3.05) is 13.1 Å². The minimum Gasteiger partial charge on any atom is -0.426 e. The van der Waals surface area contributed by atoms with E-state index in [0.717, 1.165) is 9.99 Å². The van der Waals surface area contributed by atoms with Crippen LogP contribution in [0.3, 0.4) is 0 Å². The molecule has 1 fully saturated rings. The van der Waals surface area contributed by atoms with E-state index in [4.69, 9.17) is 0 Å². The molecular formula is C13H16BIN2O4. The quantitative estimate of drug-likeness (QED) is 0.493. The van der Waals surface area contributed by atoms with E-state index < -0.39 is 13.1 Å². The number of nitrogens with one attached hydrogen (secondary N) is 1. The Morgan fingerprint density at radius 3 is 2.62 bits per heavy atom. The first kappa shape index (κ1) is 16.2. The Bertz CT molecular complexity index is 523. The smallest absolute Gasteiger partial charge is 0.426 e. The van der Waals surface area contributed by atoms with Crippen molar-refractivity contribution in [2.24, 2.45) is 0 Å². The molecule has 1 atom stereocenters. The number of carbonyl (C=O) groups is 2. The van der Waals surface area contributed by atoms with Crippen LogP contribution in [0, 0.1) is 3.57 Å². The summed E-state index contributed by atoms with van der Waals surface area (Å²) in [4.78, 5) is 25.4. The summed E-state index contributed by atoms with van der Waals surface area (Å²) in [5, 5.41) is 21.0. The van der Waals surface area contributed by atoms with Crippen molar-refractivity contribution in [1.82, 2.24) is 10.2 Å². The number of amides is 2. The number of rotatable bonds is 4. The lowest BCUT2D eigenvalue weighted by Gasteiger charge is -2.24. The Labute approximate surface area is 136 Å². The number of nitrogens with zero attached hydrogens (tertiary/aromatic N) is 1. The number of hydrogen-bond acceptors (Lipinski definition) is 4. The van der Waals surface area contributed by atoms with Crippen LogP contribution in [0.15, 0.2) is 24.3 Å². The zero-order valence-electron chi connectivity index (χ0n) is 11.3. The van der Waals surface area contributed by atoms with Gasteiger partial charge in [-0.2, -0.15) is 0 Å². The molecule has 8 heteroatoms. The van der Waals surface area contributed by atoms with Crippen LogP contribution in [-0.4, -0.2) is 52.9 Å². The second-order valence-corrected chi connectivity index (χ2v) is 6.15. The number of halogens is 1. The topological polar surface area (TPSA) is 89.9 Å². The van der Waals surface area contributed by atoms with Crippen LogP contribution in [-0.2, 0) is 4.79 Å². The number of hydrogen-bond donors (Lipinski definition) is 3. The first-order valence-corrected chi connectivity index (χ1v) is 7.76. The van der Waals surface area contributed by atoms with Gasteiger partial charge in [-0.1, -0.05) is 0 Å². The molecule has 1 aromatic carbocycles. The molecule has 0 spiro atoms. The van der Waals surface area contributed by atoms with Gasteiger partial charge >= 0.3 is 7.12 Å². The minimum atomic E-state index is -1.54. The van der Waals surface area contributed by atoms with Gasteiger partial charge in [0, 0.05) is 15.7 Å². The molecule has 0 radical (unpaired) electrons. The minimum absolute atomic E-state index is 0.145. The molecule has 2 rings (SSSR count). The van der Waals surface area contributed by atoms with E-state index in [-0.39, 0.29) is 18.4 Å². The van der Waals surface area contributed by atoms with E-state index in [1.54, 1.807) is 12.1 Å². The Balaban J connectivity index is 1.89. The van der Waals surface area contributed by atoms with E-state index in [2.05, 4.69) is 27.9 Å². The maximum absolute atomic E-state index is 12.0. The highest BCUT2D eigenvalue weighted by atomic mass is 123. The summed E-state index contributed by atoms with van der Waals surface area (Å²) in [5.41, 5.74) is 0.489. The summed E-state index contributed by atoms with van der Waals surface area (Å²) in [7, 11) is -1.54. The van der Waals surface area contributed by atoms with Crippen LogP contribution < -0.4 is 5.32 Å². The van der Waals surface area contributed by atoms with Crippen LogP contribution >= 0.6 is 22.6 Å². The normalized spacial score (nSPS) is 17.7. The molecular weight excluding hydrogens is 382 g/mol. The lowest BCUT2D eigenvalue weighted by Crippen LogP contribution is -2.48. The predicted molar refractivity (Wildman–Crippen MR) is 86.4 cm³/mol. The maximum atomic E-state index is 12.0. The standard InChI is InChI=1S/C13H16BIN2O4/c15-10-5-3-9(4-6-10)13(19)16-8-12(18)17-7-1-2-11(17)14(20)21/h3-6,11,20-21H,1-2,7-8H2,(H,16,19)/i15-4. The average Bonchev–Trinajstić information content (AvgIpc) is 2.95. The van der Waals surface area contributed by atoms with E-state index in [9.17, 15) is 19.6 Å². The van der Waals surface area contributed by atoms with Crippen molar-refractivity contribution in [1.29, 1.82) is 0 Å². The van der Waals surface area contributed by atoms with Crippen LogP contribution in [0.5, 0.6) is 0 Å². The van der Waals surface area contributed by atoms with Gasteiger partial charge in [0.25, 0.3) is 5.91 Å². The molecule has 1 aliphatic rings. The third kappa shape index (κ3) is 4.18. The third-order valence-electron chi connectivity index (χ3n) is 3.47. The van der Waals surface area contributed by atoms with E-state index in [1.807, 2.05) is 12.1 Å². The van der Waals surface area contributed by atoms with Gasteiger partial charge < -0.3 is 20.3 Å². The fourth-order valence-corrected chi connectivity index (χ4v) is 2.73. The van der Waals surface area contributed by atoms with Crippen molar-refractivity contribution in [3.8, 4) is 0 Å². The second-order valence-electron chi connectivity index (χ2n) is 4.90. The van der Waals surface area contributed by atoms with E-state index in [0.29, 0.717) is 18.5 Å². The van der Waals surface area contributed by atoms with Gasteiger partial charge in [0.15, 0.2) is 0 Å². The van der Waals surface area contributed by atoms with Crippen LogP contribution in [0.1, 0.15) is 23.2 Å². The van der Waals surface area contributed by atoms with Gasteiger partial charge in [0.05, 0.1) is 12.5 Å². The fraction of sp³-hybridized carbons (Fsp3) is 0.385. The first-order valence-electron chi connectivity index (χ1n) is 6.68. The van der Waals surface area contributed by atoms with Crippen LogP contribution in [0.2, 0.25) is 0 Å². The molecule has 112 valence electrons. The number of carbonyl (C=O) groups excluding carboxylic acids is 2. The van der Waals surface area contributed by atoms with Crippen LogP contribution in [0.25, 0.3) is 0 Å². The fourth-order valence-electron chi connectivity index (χ4n) is 2.37. The number of benzene rings is 1. The molecule has 1 unspecified atom stereocenters. The second kappa shape index (κ2) is 7.23. The predicted octanol–water partition coefficient (Wildman–Crippen LogP) is 0.0240. The zero-order chi connectivity index (χ0) is 15.4.